The Hall–Kier alpha value is -1.42. The zero-order valence-corrected chi connectivity index (χ0v) is 13.0. The Bertz CT molecular complexity index is 669. The molecule has 0 bridgehead atoms. The molecule has 0 aliphatic carbocycles. The van der Waals surface area contributed by atoms with Gasteiger partial charge in [0.05, 0.1) is 0 Å². The van der Waals surface area contributed by atoms with Gasteiger partial charge < -0.3 is 4.98 Å². The Morgan fingerprint density at radius 1 is 1.33 bits per heavy atom. The Kier molecular flexibility index (Phi) is 3.32. The molecule has 0 radical (unpaired) electrons. The van der Waals surface area contributed by atoms with E-state index in [0.29, 0.717) is 6.54 Å². The Morgan fingerprint density at radius 3 is 2.71 bits per heavy atom. The van der Waals surface area contributed by atoms with Crippen LogP contribution in [0.3, 0.4) is 0 Å². The number of H-pyrrole nitrogens is 1. The SMILES string of the molecule is CC1c2[nH]c3cc(F)ccc3c2C[C@@H](C)N1CC(C)(C)F. The first-order valence-corrected chi connectivity index (χ1v) is 7.51. The summed E-state index contributed by atoms with van der Waals surface area (Å²) < 4.78 is 27.4. The highest BCUT2D eigenvalue weighted by atomic mass is 19.1. The number of aromatic amines is 1. The number of alkyl halides is 1. The predicted molar refractivity (Wildman–Crippen MR) is 81.7 cm³/mol. The number of halogens is 2. The van der Waals surface area contributed by atoms with Gasteiger partial charge >= 0.3 is 0 Å². The minimum absolute atomic E-state index is 0.106. The van der Waals surface area contributed by atoms with Gasteiger partial charge in [-0.1, -0.05) is 0 Å². The Morgan fingerprint density at radius 2 is 2.05 bits per heavy atom. The molecule has 3 rings (SSSR count). The van der Waals surface area contributed by atoms with E-state index in [2.05, 4.69) is 23.7 Å². The summed E-state index contributed by atoms with van der Waals surface area (Å²) in [5.74, 6) is -0.233. The molecular weight excluding hydrogens is 270 g/mol. The van der Waals surface area contributed by atoms with Crippen LogP contribution in [0.2, 0.25) is 0 Å². The van der Waals surface area contributed by atoms with E-state index in [4.69, 9.17) is 0 Å². The van der Waals surface area contributed by atoms with Gasteiger partial charge in [0.1, 0.15) is 11.5 Å². The van der Waals surface area contributed by atoms with Gasteiger partial charge in [-0.3, -0.25) is 4.90 Å². The quantitative estimate of drug-likeness (QED) is 0.871. The molecule has 1 N–H and O–H groups in total. The molecular formula is C17H22F2N2. The number of hydrogen-bond acceptors (Lipinski definition) is 1. The van der Waals surface area contributed by atoms with Crippen LogP contribution < -0.4 is 0 Å². The van der Waals surface area contributed by atoms with Gasteiger partial charge in [-0.2, -0.15) is 0 Å². The highest BCUT2D eigenvalue weighted by Gasteiger charge is 2.35. The number of aromatic nitrogens is 1. The van der Waals surface area contributed by atoms with Crippen molar-refractivity contribution in [3.05, 3.63) is 35.3 Å². The largest absolute Gasteiger partial charge is 0.357 e. The third-order valence-electron chi connectivity index (χ3n) is 4.44. The van der Waals surface area contributed by atoms with Gasteiger partial charge in [0, 0.05) is 35.2 Å². The topological polar surface area (TPSA) is 19.0 Å². The van der Waals surface area contributed by atoms with Crippen LogP contribution in [-0.2, 0) is 6.42 Å². The standard InChI is InChI=1S/C17H22F2N2/c1-10-7-14-13-6-5-12(18)8-15(13)20-16(14)11(2)21(10)9-17(3,4)19/h5-6,8,10-11,20H,7,9H2,1-4H3/t10-,11?/m1/s1. The minimum atomic E-state index is -1.22. The fraction of sp³-hybridized carbons (Fsp3) is 0.529. The number of nitrogens with one attached hydrogen (secondary N) is 1. The van der Waals surface area contributed by atoms with Gasteiger partial charge in [-0.15, -0.1) is 0 Å². The average Bonchev–Trinajstić information content (AvgIpc) is 2.71. The van der Waals surface area contributed by atoms with E-state index in [9.17, 15) is 8.78 Å². The second-order valence-corrected chi connectivity index (χ2v) is 6.83. The molecule has 2 nitrogen and oxygen atoms in total. The molecule has 1 aromatic carbocycles. The zero-order chi connectivity index (χ0) is 15.4. The lowest BCUT2D eigenvalue weighted by Gasteiger charge is -2.41. The number of fused-ring (bicyclic) bond motifs is 3. The monoisotopic (exact) mass is 292 g/mol. The summed E-state index contributed by atoms with van der Waals surface area (Å²) in [7, 11) is 0. The molecule has 0 saturated carbocycles. The number of rotatable bonds is 2. The molecule has 0 amide bonds. The molecule has 2 aromatic rings. The van der Waals surface area contributed by atoms with Crippen molar-refractivity contribution in [3.63, 3.8) is 0 Å². The lowest BCUT2D eigenvalue weighted by molar-refractivity contribution is 0.0595. The highest BCUT2D eigenvalue weighted by Crippen LogP contribution is 2.37. The van der Waals surface area contributed by atoms with Gasteiger partial charge in [0.15, 0.2) is 0 Å². The van der Waals surface area contributed by atoms with Crippen molar-refractivity contribution in [2.24, 2.45) is 0 Å². The second kappa shape index (κ2) is 4.80. The van der Waals surface area contributed by atoms with E-state index in [0.717, 1.165) is 23.0 Å². The summed E-state index contributed by atoms with van der Waals surface area (Å²) >= 11 is 0. The fourth-order valence-corrected chi connectivity index (χ4v) is 3.51. The van der Waals surface area contributed by atoms with Crippen LogP contribution in [0, 0.1) is 5.82 Å². The van der Waals surface area contributed by atoms with Crippen LogP contribution >= 0.6 is 0 Å². The van der Waals surface area contributed by atoms with Crippen molar-refractivity contribution < 1.29 is 8.78 Å². The first-order chi connectivity index (χ1) is 9.76. The first kappa shape index (κ1) is 14.5. The summed E-state index contributed by atoms with van der Waals surface area (Å²) in [6.07, 6.45) is 0.862. The van der Waals surface area contributed by atoms with Crippen LogP contribution in [0.4, 0.5) is 8.78 Å². The normalized spacial score (nSPS) is 23.5. The van der Waals surface area contributed by atoms with Crippen LogP contribution in [0.5, 0.6) is 0 Å². The zero-order valence-electron chi connectivity index (χ0n) is 13.0. The lowest BCUT2D eigenvalue weighted by atomic mass is 9.92. The van der Waals surface area contributed by atoms with Crippen molar-refractivity contribution in [2.45, 2.75) is 51.9 Å². The maximum absolute atomic E-state index is 14.1. The molecule has 1 aliphatic heterocycles. The van der Waals surface area contributed by atoms with Crippen molar-refractivity contribution in [1.82, 2.24) is 9.88 Å². The van der Waals surface area contributed by atoms with E-state index in [1.54, 1.807) is 13.8 Å². The highest BCUT2D eigenvalue weighted by molar-refractivity contribution is 5.85. The first-order valence-electron chi connectivity index (χ1n) is 7.51. The predicted octanol–water partition coefficient (Wildman–Crippen LogP) is 4.36. The summed E-state index contributed by atoms with van der Waals surface area (Å²) in [6, 6.07) is 5.26. The third-order valence-corrected chi connectivity index (χ3v) is 4.44. The average molecular weight is 292 g/mol. The molecule has 2 heterocycles. The maximum atomic E-state index is 14.1. The summed E-state index contributed by atoms with van der Waals surface area (Å²) in [5, 5.41) is 1.09. The van der Waals surface area contributed by atoms with E-state index >= 15 is 0 Å². The maximum Gasteiger partial charge on any atom is 0.125 e. The van der Waals surface area contributed by atoms with Crippen molar-refractivity contribution in [3.8, 4) is 0 Å². The lowest BCUT2D eigenvalue weighted by Crippen LogP contribution is -2.46. The van der Waals surface area contributed by atoms with E-state index in [-0.39, 0.29) is 17.9 Å². The van der Waals surface area contributed by atoms with Crippen molar-refractivity contribution in [1.29, 1.82) is 0 Å². The Balaban J connectivity index is 2.04. The molecule has 0 saturated heterocycles. The fourth-order valence-electron chi connectivity index (χ4n) is 3.51. The summed E-state index contributed by atoms with van der Waals surface area (Å²) in [5.41, 5.74) is 1.95. The van der Waals surface area contributed by atoms with E-state index in [1.807, 2.05) is 6.07 Å². The van der Waals surface area contributed by atoms with Crippen LogP contribution in [-0.4, -0.2) is 28.1 Å². The number of benzene rings is 1. The minimum Gasteiger partial charge on any atom is -0.357 e. The van der Waals surface area contributed by atoms with Gasteiger partial charge in [0.25, 0.3) is 0 Å². The smallest absolute Gasteiger partial charge is 0.125 e. The molecule has 0 fully saturated rings. The molecule has 1 aromatic heterocycles. The second-order valence-electron chi connectivity index (χ2n) is 6.83. The molecule has 21 heavy (non-hydrogen) atoms. The number of hydrogen-bond donors (Lipinski definition) is 1. The molecule has 2 atom stereocenters. The molecule has 1 aliphatic rings. The van der Waals surface area contributed by atoms with Crippen LogP contribution in [0.1, 0.15) is 45.0 Å². The number of nitrogens with zero attached hydrogens (tertiary/aromatic N) is 1. The Labute approximate surface area is 124 Å². The summed E-state index contributed by atoms with van der Waals surface area (Å²) in [6.45, 7) is 7.85. The third kappa shape index (κ3) is 2.57. The van der Waals surface area contributed by atoms with Gasteiger partial charge in [0.2, 0.25) is 0 Å². The molecule has 114 valence electrons. The van der Waals surface area contributed by atoms with E-state index < -0.39 is 5.67 Å². The van der Waals surface area contributed by atoms with E-state index in [1.165, 1.54) is 17.7 Å². The van der Waals surface area contributed by atoms with Crippen LogP contribution in [0.25, 0.3) is 10.9 Å². The molecule has 0 spiro atoms. The van der Waals surface area contributed by atoms with Crippen LogP contribution in [0.15, 0.2) is 18.2 Å². The van der Waals surface area contributed by atoms with Crippen molar-refractivity contribution in [2.75, 3.05) is 6.54 Å². The summed E-state index contributed by atoms with van der Waals surface area (Å²) in [4.78, 5) is 5.53. The van der Waals surface area contributed by atoms with Crippen molar-refractivity contribution >= 4 is 10.9 Å². The molecule has 1 unspecified atom stereocenters. The van der Waals surface area contributed by atoms with Gasteiger partial charge in [-0.05, 0) is 57.9 Å². The molecule has 4 heteroatoms. The van der Waals surface area contributed by atoms with Gasteiger partial charge in [-0.25, -0.2) is 8.78 Å².